The predicted octanol–water partition coefficient (Wildman–Crippen LogP) is 3.75. The number of nitrogens with zero attached hydrogens (tertiary/aromatic N) is 3. The Hall–Kier alpha value is -2.64. The van der Waals surface area contributed by atoms with Crippen LogP contribution in [-0.4, -0.2) is 55.6 Å². The first kappa shape index (κ1) is 20.1. The van der Waals surface area contributed by atoms with Crippen molar-refractivity contribution in [1.29, 1.82) is 0 Å². The number of benzene rings is 2. The fraction of sp³-hybridized carbons (Fsp3) is 0.333. The van der Waals surface area contributed by atoms with E-state index in [1.165, 1.54) is 0 Å². The minimum Gasteiger partial charge on any atom is -0.496 e. The van der Waals surface area contributed by atoms with Gasteiger partial charge >= 0.3 is 6.03 Å². The second-order valence-corrected chi connectivity index (χ2v) is 7.95. The number of methoxy groups -OCH3 is 1. The number of likely N-dealkylation sites (N-methyl/N-ethyl adjacent to an activating group) is 1. The average molecular weight is 399 g/mol. The van der Waals surface area contributed by atoms with Crippen LogP contribution in [0.4, 0.5) is 4.79 Å². The van der Waals surface area contributed by atoms with Crippen molar-refractivity contribution in [1.82, 2.24) is 20.1 Å². The number of hydrogen-bond donors (Lipinski definition) is 1. The maximum atomic E-state index is 12.6. The van der Waals surface area contributed by atoms with Crippen molar-refractivity contribution in [2.75, 3.05) is 34.8 Å². The van der Waals surface area contributed by atoms with Crippen molar-refractivity contribution in [2.24, 2.45) is 0 Å². The molecule has 0 saturated heterocycles. The first-order valence-electron chi connectivity index (χ1n) is 9.12. The summed E-state index contributed by atoms with van der Waals surface area (Å²) in [7, 11) is 7.44. The van der Waals surface area contributed by atoms with Gasteiger partial charge in [-0.05, 0) is 32.3 Å². The molecule has 0 fully saturated rings. The second kappa shape index (κ2) is 9.03. The van der Waals surface area contributed by atoms with Gasteiger partial charge in [0.15, 0.2) is 0 Å². The molecule has 0 aliphatic carbocycles. The number of urea groups is 1. The fourth-order valence-corrected chi connectivity index (χ4v) is 4.11. The van der Waals surface area contributed by atoms with E-state index in [2.05, 4.69) is 15.2 Å². The highest BCUT2D eigenvalue weighted by Crippen LogP contribution is 2.27. The van der Waals surface area contributed by atoms with Crippen molar-refractivity contribution in [3.63, 3.8) is 0 Å². The lowest BCUT2D eigenvalue weighted by Crippen LogP contribution is -2.41. The first-order valence-corrected chi connectivity index (χ1v) is 9.94. The molecule has 0 bridgehead atoms. The monoisotopic (exact) mass is 398 g/mol. The van der Waals surface area contributed by atoms with Crippen LogP contribution in [0.1, 0.15) is 16.6 Å². The van der Waals surface area contributed by atoms with Gasteiger partial charge in [-0.2, -0.15) is 0 Å². The Morgan fingerprint density at radius 2 is 1.86 bits per heavy atom. The van der Waals surface area contributed by atoms with Crippen LogP contribution in [0.5, 0.6) is 5.75 Å². The number of carbonyl (C=O) groups is 1. The number of aromatic nitrogens is 1. The standard InChI is InChI=1S/C21H26N4O2S/c1-24(2)17(15-9-5-7-11-18(15)27-4)13-22-21(26)25(3)14-20-23-16-10-6-8-12-19(16)28-20/h5-12,17H,13-14H2,1-4H3,(H,22,26). The Balaban J connectivity index is 1.63. The number of carbonyl (C=O) groups excluding carboxylic acids is 1. The molecule has 0 aliphatic heterocycles. The van der Waals surface area contributed by atoms with E-state index in [4.69, 9.17) is 4.74 Å². The molecule has 0 aliphatic rings. The number of thiazole rings is 1. The Bertz CT molecular complexity index is 908. The zero-order valence-corrected chi connectivity index (χ0v) is 17.5. The molecule has 1 unspecified atom stereocenters. The van der Waals surface area contributed by atoms with Gasteiger partial charge in [0.2, 0.25) is 0 Å². The number of ether oxygens (including phenoxy) is 1. The smallest absolute Gasteiger partial charge is 0.317 e. The number of fused-ring (bicyclic) bond motifs is 1. The molecular formula is C21H26N4O2S. The minimum atomic E-state index is -0.124. The van der Waals surface area contributed by atoms with Crippen LogP contribution in [0.2, 0.25) is 0 Å². The fourth-order valence-electron chi connectivity index (χ4n) is 3.09. The summed E-state index contributed by atoms with van der Waals surface area (Å²) in [5, 5.41) is 3.96. The zero-order valence-electron chi connectivity index (χ0n) is 16.7. The first-order chi connectivity index (χ1) is 13.5. The van der Waals surface area contributed by atoms with Crippen LogP contribution in [-0.2, 0) is 6.54 Å². The van der Waals surface area contributed by atoms with Crippen molar-refractivity contribution < 1.29 is 9.53 Å². The number of hydrogen-bond acceptors (Lipinski definition) is 5. The molecule has 1 aromatic heterocycles. The predicted molar refractivity (Wildman–Crippen MR) is 114 cm³/mol. The van der Waals surface area contributed by atoms with Gasteiger partial charge in [-0.1, -0.05) is 30.3 Å². The molecule has 28 heavy (non-hydrogen) atoms. The van der Waals surface area contributed by atoms with E-state index in [1.54, 1.807) is 30.4 Å². The second-order valence-electron chi connectivity index (χ2n) is 6.84. The summed E-state index contributed by atoms with van der Waals surface area (Å²) in [6, 6.07) is 15.8. The van der Waals surface area contributed by atoms with Gasteiger partial charge in [0.25, 0.3) is 0 Å². The summed E-state index contributed by atoms with van der Waals surface area (Å²) >= 11 is 1.62. The average Bonchev–Trinajstić information content (AvgIpc) is 3.10. The third kappa shape index (κ3) is 4.61. The van der Waals surface area contributed by atoms with Crippen LogP contribution in [0.3, 0.4) is 0 Å². The van der Waals surface area contributed by atoms with Crippen molar-refractivity contribution >= 4 is 27.6 Å². The summed E-state index contributed by atoms with van der Waals surface area (Å²) in [5.41, 5.74) is 2.02. The van der Waals surface area contributed by atoms with Crippen LogP contribution < -0.4 is 10.1 Å². The van der Waals surface area contributed by atoms with Gasteiger partial charge in [0, 0.05) is 19.2 Å². The van der Waals surface area contributed by atoms with Gasteiger partial charge in [-0.3, -0.25) is 0 Å². The molecule has 1 N–H and O–H groups in total. The largest absolute Gasteiger partial charge is 0.496 e. The molecule has 1 atom stereocenters. The molecule has 2 aromatic carbocycles. The van der Waals surface area contributed by atoms with Crippen molar-refractivity contribution in [3.8, 4) is 5.75 Å². The van der Waals surface area contributed by atoms with Crippen LogP contribution in [0, 0.1) is 0 Å². The lowest BCUT2D eigenvalue weighted by molar-refractivity contribution is 0.200. The molecule has 7 heteroatoms. The summed E-state index contributed by atoms with van der Waals surface area (Å²) in [5.74, 6) is 0.818. The Morgan fingerprint density at radius 3 is 2.57 bits per heavy atom. The van der Waals surface area contributed by atoms with E-state index in [1.807, 2.05) is 62.6 Å². The molecule has 2 amide bonds. The molecule has 0 saturated carbocycles. The molecule has 1 heterocycles. The van der Waals surface area contributed by atoms with E-state index in [0.29, 0.717) is 13.1 Å². The van der Waals surface area contributed by atoms with Gasteiger partial charge in [0.1, 0.15) is 10.8 Å². The lowest BCUT2D eigenvalue weighted by Gasteiger charge is -2.27. The normalized spacial score (nSPS) is 12.2. The topological polar surface area (TPSA) is 57.7 Å². The molecule has 3 aromatic rings. The molecular weight excluding hydrogens is 372 g/mol. The Kier molecular flexibility index (Phi) is 6.49. The zero-order chi connectivity index (χ0) is 20.1. The van der Waals surface area contributed by atoms with Crippen LogP contribution in [0.25, 0.3) is 10.2 Å². The van der Waals surface area contributed by atoms with Gasteiger partial charge in [0.05, 0.1) is 29.9 Å². The molecule has 0 spiro atoms. The molecule has 3 rings (SSSR count). The maximum Gasteiger partial charge on any atom is 0.317 e. The van der Waals surface area contributed by atoms with Gasteiger partial charge in [-0.25, -0.2) is 9.78 Å². The number of amides is 2. The van der Waals surface area contributed by atoms with E-state index < -0.39 is 0 Å². The maximum absolute atomic E-state index is 12.6. The van der Waals surface area contributed by atoms with Crippen LogP contribution >= 0.6 is 11.3 Å². The van der Waals surface area contributed by atoms with Crippen LogP contribution in [0.15, 0.2) is 48.5 Å². The summed E-state index contributed by atoms with van der Waals surface area (Å²) in [4.78, 5) is 21.0. The van der Waals surface area contributed by atoms with E-state index in [9.17, 15) is 4.79 Å². The van der Waals surface area contributed by atoms with E-state index in [0.717, 1.165) is 26.5 Å². The SMILES string of the molecule is COc1ccccc1C(CNC(=O)N(C)Cc1nc2ccccc2s1)N(C)C. The third-order valence-corrected chi connectivity index (χ3v) is 5.65. The Labute approximate surface area is 169 Å². The highest BCUT2D eigenvalue weighted by Gasteiger charge is 2.20. The highest BCUT2D eigenvalue weighted by atomic mass is 32.1. The third-order valence-electron chi connectivity index (χ3n) is 4.63. The molecule has 148 valence electrons. The summed E-state index contributed by atoms with van der Waals surface area (Å²) in [6.45, 7) is 0.961. The quantitative estimate of drug-likeness (QED) is 0.659. The summed E-state index contributed by atoms with van der Waals surface area (Å²) < 4.78 is 6.62. The lowest BCUT2D eigenvalue weighted by atomic mass is 10.0. The van der Waals surface area contributed by atoms with Crippen molar-refractivity contribution in [2.45, 2.75) is 12.6 Å². The molecule has 0 radical (unpaired) electrons. The van der Waals surface area contributed by atoms with E-state index >= 15 is 0 Å². The Morgan fingerprint density at radius 1 is 1.14 bits per heavy atom. The summed E-state index contributed by atoms with van der Waals surface area (Å²) in [6.07, 6.45) is 0. The van der Waals surface area contributed by atoms with Crippen molar-refractivity contribution in [3.05, 3.63) is 59.1 Å². The highest BCUT2D eigenvalue weighted by molar-refractivity contribution is 7.18. The molecule has 6 nitrogen and oxygen atoms in total. The minimum absolute atomic E-state index is 0.0101. The number of rotatable bonds is 7. The van der Waals surface area contributed by atoms with Gasteiger partial charge in [-0.15, -0.1) is 11.3 Å². The number of nitrogens with one attached hydrogen (secondary N) is 1. The van der Waals surface area contributed by atoms with E-state index in [-0.39, 0.29) is 12.1 Å². The number of para-hydroxylation sites is 2. The van der Waals surface area contributed by atoms with Gasteiger partial charge < -0.3 is 19.9 Å².